The summed E-state index contributed by atoms with van der Waals surface area (Å²) in [6.45, 7) is 4.91. The van der Waals surface area contributed by atoms with Gasteiger partial charge in [-0.25, -0.2) is 4.79 Å². The van der Waals surface area contributed by atoms with Crippen molar-refractivity contribution in [3.63, 3.8) is 0 Å². The van der Waals surface area contributed by atoms with Gasteiger partial charge < -0.3 is 20.9 Å². The summed E-state index contributed by atoms with van der Waals surface area (Å²) in [6.07, 6.45) is 45.2. The molecule has 0 fully saturated rings. The fourth-order valence-electron chi connectivity index (χ4n) is 6.66. The van der Waals surface area contributed by atoms with E-state index in [-0.39, 0.29) is 18.0 Å². The summed E-state index contributed by atoms with van der Waals surface area (Å²) in [5.41, 5.74) is 5.48. The number of esters is 1. The Balaban J connectivity index is 4.04. The number of nitrogens with one attached hydrogen (secondary N) is 1. The number of carbonyl (C=O) groups is 3. The molecule has 2 unspecified atom stereocenters. The van der Waals surface area contributed by atoms with Gasteiger partial charge in [0.25, 0.3) is 0 Å². The molecule has 0 aromatic heterocycles. The van der Waals surface area contributed by atoms with Crippen LogP contribution in [0.5, 0.6) is 0 Å². The van der Waals surface area contributed by atoms with Gasteiger partial charge in [-0.2, -0.15) is 0 Å². The highest BCUT2D eigenvalue weighted by atomic mass is 16.5. The number of aliphatic carboxylic acids is 1. The largest absolute Gasteiger partial charge is 0.480 e. The Kier molecular flexibility index (Phi) is 38.4. The fourth-order valence-corrected chi connectivity index (χ4v) is 6.66. The quantitative estimate of drug-likeness (QED) is 0.0328. The predicted octanol–water partition coefficient (Wildman–Crippen LogP) is 12.5. The first-order valence-electron chi connectivity index (χ1n) is 22.2. The molecule has 0 aliphatic rings. The Morgan fingerprint density at radius 2 is 1.00 bits per heavy atom. The molecule has 0 aliphatic heterocycles. The van der Waals surface area contributed by atoms with Crippen molar-refractivity contribution in [2.45, 2.75) is 238 Å². The average molecular weight is 733 g/mol. The molecular formula is C45H84N2O5. The lowest BCUT2D eigenvalue weighted by Gasteiger charge is -2.18. The second-order valence-electron chi connectivity index (χ2n) is 15.1. The molecule has 0 aromatic rings. The topological polar surface area (TPSA) is 119 Å². The van der Waals surface area contributed by atoms with E-state index in [1.165, 1.54) is 122 Å². The van der Waals surface area contributed by atoms with E-state index < -0.39 is 12.0 Å². The van der Waals surface area contributed by atoms with Crippen molar-refractivity contribution in [1.29, 1.82) is 0 Å². The highest BCUT2D eigenvalue weighted by Gasteiger charge is 2.19. The smallest absolute Gasteiger partial charge is 0.326 e. The SMILES string of the molecule is CCCCCCC/C=C\C/C=C\CCCCCCCCCCCC(=O)OC(CCCCCCCC)CCCCCCC(=O)NC(CCCN)C(=O)O. The highest BCUT2D eigenvalue weighted by Crippen LogP contribution is 2.19. The van der Waals surface area contributed by atoms with Crippen LogP contribution >= 0.6 is 0 Å². The van der Waals surface area contributed by atoms with E-state index in [9.17, 15) is 19.5 Å². The molecule has 0 radical (unpaired) electrons. The summed E-state index contributed by atoms with van der Waals surface area (Å²) < 4.78 is 5.99. The van der Waals surface area contributed by atoms with Gasteiger partial charge in [-0.05, 0) is 90.0 Å². The number of hydrogen-bond donors (Lipinski definition) is 3. The van der Waals surface area contributed by atoms with Crippen molar-refractivity contribution in [2.24, 2.45) is 5.73 Å². The molecule has 0 bridgehead atoms. The molecule has 7 heteroatoms. The summed E-state index contributed by atoms with van der Waals surface area (Å²) in [5.74, 6) is -1.26. The van der Waals surface area contributed by atoms with E-state index in [2.05, 4.69) is 43.5 Å². The molecule has 1 amide bonds. The molecule has 0 heterocycles. The maximum absolute atomic E-state index is 12.7. The van der Waals surface area contributed by atoms with Crippen LogP contribution in [0.25, 0.3) is 0 Å². The van der Waals surface area contributed by atoms with Gasteiger partial charge in [-0.1, -0.05) is 154 Å². The zero-order valence-electron chi connectivity index (χ0n) is 34.2. The van der Waals surface area contributed by atoms with E-state index in [1.54, 1.807) is 0 Å². The zero-order chi connectivity index (χ0) is 38.2. The first kappa shape index (κ1) is 49.9. The molecule has 52 heavy (non-hydrogen) atoms. The van der Waals surface area contributed by atoms with Crippen LogP contribution in [0.3, 0.4) is 0 Å². The van der Waals surface area contributed by atoms with Gasteiger partial charge >= 0.3 is 11.9 Å². The maximum atomic E-state index is 12.7. The summed E-state index contributed by atoms with van der Waals surface area (Å²) in [7, 11) is 0. The number of amides is 1. The zero-order valence-corrected chi connectivity index (χ0v) is 34.2. The van der Waals surface area contributed by atoms with E-state index >= 15 is 0 Å². The first-order chi connectivity index (χ1) is 25.4. The van der Waals surface area contributed by atoms with Gasteiger partial charge in [0, 0.05) is 12.8 Å². The van der Waals surface area contributed by atoms with Gasteiger partial charge in [-0.3, -0.25) is 9.59 Å². The van der Waals surface area contributed by atoms with E-state index in [0.29, 0.717) is 32.2 Å². The van der Waals surface area contributed by atoms with Gasteiger partial charge in [0.1, 0.15) is 12.1 Å². The maximum Gasteiger partial charge on any atom is 0.326 e. The standard InChI is InChI=1S/C45H84N2O5/c1-3-5-7-9-11-12-13-14-15-16-17-18-19-20-21-22-23-24-25-27-33-39-44(49)52-41(35-30-26-10-8-6-4-2)36-31-28-29-32-38-43(48)47-42(45(50)51)37-34-40-46/h13-14,16-17,41-42H,3-12,15,18-40,46H2,1-2H3,(H,47,48)(H,50,51)/b14-13-,17-16-. The Morgan fingerprint density at radius 3 is 1.48 bits per heavy atom. The Labute approximate surface area is 321 Å². The number of nitrogens with two attached hydrogens (primary N) is 1. The van der Waals surface area contributed by atoms with Gasteiger partial charge in [-0.15, -0.1) is 0 Å². The van der Waals surface area contributed by atoms with E-state index in [0.717, 1.165) is 64.2 Å². The lowest BCUT2D eigenvalue weighted by Crippen LogP contribution is -2.40. The van der Waals surface area contributed by atoms with Gasteiger partial charge in [0.2, 0.25) is 5.91 Å². The Morgan fingerprint density at radius 1 is 0.558 bits per heavy atom. The van der Waals surface area contributed by atoms with Gasteiger partial charge in [0.15, 0.2) is 0 Å². The number of allylic oxidation sites excluding steroid dienone is 4. The van der Waals surface area contributed by atoms with Crippen LogP contribution in [0.2, 0.25) is 0 Å². The number of carboxylic acid groups (broad SMARTS) is 1. The van der Waals surface area contributed by atoms with Crippen molar-refractivity contribution >= 4 is 17.8 Å². The molecule has 0 aromatic carbocycles. The first-order valence-corrected chi connectivity index (χ1v) is 22.2. The van der Waals surface area contributed by atoms with Crippen LogP contribution < -0.4 is 11.1 Å². The molecule has 2 atom stereocenters. The third kappa shape index (κ3) is 36.2. The monoisotopic (exact) mass is 733 g/mol. The third-order valence-corrected chi connectivity index (χ3v) is 10.0. The molecule has 0 saturated carbocycles. The van der Waals surface area contributed by atoms with Crippen LogP contribution in [0.1, 0.15) is 226 Å². The van der Waals surface area contributed by atoms with Gasteiger partial charge in [0.05, 0.1) is 0 Å². The van der Waals surface area contributed by atoms with Crippen LogP contribution in [0.4, 0.5) is 0 Å². The minimum Gasteiger partial charge on any atom is -0.480 e. The summed E-state index contributed by atoms with van der Waals surface area (Å²) in [6, 6.07) is -0.862. The number of carbonyl (C=O) groups excluding carboxylic acids is 2. The number of unbranched alkanes of at least 4 members (excludes halogenated alkanes) is 22. The van der Waals surface area contributed by atoms with Crippen LogP contribution in [-0.4, -0.2) is 41.6 Å². The van der Waals surface area contributed by atoms with Crippen molar-refractivity contribution in [3.8, 4) is 0 Å². The number of rotatable bonds is 40. The molecule has 304 valence electrons. The Hall–Kier alpha value is -2.15. The van der Waals surface area contributed by atoms with Crippen molar-refractivity contribution in [1.82, 2.24) is 5.32 Å². The molecule has 0 spiro atoms. The molecule has 0 saturated heterocycles. The van der Waals surface area contributed by atoms with Crippen LogP contribution in [0, 0.1) is 0 Å². The van der Waals surface area contributed by atoms with Crippen LogP contribution in [-0.2, 0) is 19.1 Å². The molecule has 0 aliphatic carbocycles. The number of ether oxygens (including phenoxy) is 1. The Bertz CT molecular complexity index is 874. The van der Waals surface area contributed by atoms with E-state index in [4.69, 9.17) is 10.5 Å². The third-order valence-electron chi connectivity index (χ3n) is 10.0. The van der Waals surface area contributed by atoms with Crippen molar-refractivity contribution < 1.29 is 24.2 Å². The number of carboxylic acids is 1. The van der Waals surface area contributed by atoms with Crippen molar-refractivity contribution in [3.05, 3.63) is 24.3 Å². The summed E-state index contributed by atoms with van der Waals surface area (Å²) in [4.78, 5) is 36.3. The molecule has 0 rings (SSSR count). The lowest BCUT2D eigenvalue weighted by atomic mass is 10.0. The second-order valence-corrected chi connectivity index (χ2v) is 15.1. The summed E-state index contributed by atoms with van der Waals surface area (Å²) >= 11 is 0. The fraction of sp³-hybridized carbons (Fsp3) is 0.844. The minimum absolute atomic E-state index is 0.0110. The molecule has 4 N–H and O–H groups in total. The van der Waals surface area contributed by atoms with Crippen molar-refractivity contribution in [2.75, 3.05) is 6.54 Å². The number of hydrogen-bond acceptors (Lipinski definition) is 5. The predicted molar refractivity (Wildman–Crippen MR) is 220 cm³/mol. The molecular weight excluding hydrogens is 649 g/mol. The highest BCUT2D eigenvalue weighted by molar-refractivity contribution is 5.83. The average Bonchev–Trinajstić information content (AvgIpc) is 3.13. The molecule has 7 nitrogen and oxygen atoms in total. The lowest BCUT2D eigenvalue weighted by molar-refractivity contribution is -0.150. The van der Waals surface area contributed by atoms with E-state index in [1.807, 2.05) is 0 Å². The summed E-state index contributed by atoms with van der Waals surface area (Å²) in [5, 5.41) is 11.9. The van der Waals surface area contributed by atoms with Crippen LogP contribution in [0.15, 0.2) is 24.3 Å². The second kappa shape index (κ2) is 40.0. The minimum atomic E-state index is -1.01. The normalized spacial score (nSPS) is 12.8.